The summed E-state index contributed by atoms with van der Waals surface area (Å²) in [6, 6.07) is 8.76. The highest BCUT2D eigenvalue weighted by atomic mass is 32.2. The second-order valence-electron chi connectivity index (χ2n) is 5.01. The Morgan fingerprint density at radius 2 is 2.08 bits per heavy atom. The van der Waals surface area contributed by atoms with Crippen molar-refractivity contribution >= 4 is 40.4 Å². The minimum absolute atomic E-state index is 0.0171. The van der Waals surface area contributed by atoms with Crippen LogP contribution in [0.1, 0.15) is 6.42 Å². The summed E-state index contributed by atoms with van der Waals surface area (Å²) >= 11 is 1.18. The molecule has 25 heavy (non-hydrogen) atoms. The van der Waals surface area contributed by atoms with Crippen LogP contribution in [0, 0.1) is 0 Å². The molecule has 0 radical (unpaired) electrons. The molecule has 9 heteroatoms. The van der Waals surface area contributed by atoms with Crippen LogP contribution in [-0.4, -0.2) is 39.3 Å². The van der Waals surface area contributed by atoms with Crippen molar-refractivity contribution < 1.29 is 14.3 Å². The van der Waals surface area contributed by atoms with E-state index in [9.17, 15) is 9.59 Å². The summed E-state index contributed by atoms with van der Waals surface area (Å²) in [6.07, 6.45) is 3.14. The lowest BCUT2D eigenvalue weighted by Gasteiger charge is -2.10. The van der Waals surface area contributed by atoms with Gasteiger partial charge in [-0.2, -0.15) is 4.99 Å². The summed E-state index contributed by atoms with van der Waals surface area (Å²) in [4.78, 5) is 36.3. The van der Waals surface area contributed by atoms with Crippen molar-refractivity contribution in [2.75, 3.05) is 12.4 Å². The van der Waals surface area contributed by atoms with Crippen molar-refractivity contribution in [3.8, 4) is 5.75 Å². The topological polar surface area (TPSA) is 106 Å². The number of carbonyl (C=O) groups excluding carboxylic acids is 2. The minimum atomic E-state index is -0.558. The van der Waals surface area contributed by atoms with Crippen molar-refractivity contribution in [3.63, 3.8) is 0 Å². The number of aliphatic imine (C=N–C) groups is 1. The maximum Gasteiger partial charge on any atom is 0.251 e. The lowest BCUT2D eigenvalue weighted by molar-refractivity contribution is -0.122. The third kappa shape index (κ3) is 4.32. The van der Waals surface area contributed by atoms with Crippen LogP contribution < -0.4 is 15.4 Å². The Balaban J connectivity index is 1.62. The van der Waals surface area contributed by atoms with Gasteiger partial charge in [0.2, 0.25) is 11.8 Å². The van der Waals surface area contributed by atoms with Gasteiger partial charge >= 0.3 is 0 Å². The summed E-state index contributed by atoms with van der Waals surface area (Å²) in [5.74, 6) is 0.261. The van der Waals surface area contributed by atoms with E-state index in [4.69, 9.17) is 4.74 Å². The maximum atomic E-state index is 12.2. The molecule has 1 aromatic carbocycles. The molecule has 0 aliphatic carbocycles. The molecule has 0 spiro atoms. The van der Waals surface area contributed by atoms with E-state index in [1.807, 2.05) is 6.07 Å². The van der Waals surface area contributed by atoms with Crippen molar-refractivity contribution in [1.82, 2.24) is 15.3 Å². The molecular weight excluding hydrogens is 342 g/mol. The molecule has 1 unspecified atom stereocenters. The zero-order valence-electron chi connectivity index (χ0n) is 13.3. The Labute approximate surface area is 148 Å². The van der Waals surface area contributed by atoms with Crippen molar-refractivity contribution in [2.45, 2.75) is 11.7 Å². The van der Waals surface area contributed by atoms with Gasteiger partial charge in [-0.15, -0.1) is 0 Å². The molecular formula is C16H15N5O3S. The van der Waals surface area contributed by atoms with Gasteiger partial charge in [-0.3, -0.25) is 9.59 Å². The number of hydrogen-bond acceptors (Lipinski definition) is 7. The number of ether oxygens (including phenoxy) is 1. The van der Waals surface area contributed by atoms with Crippen LogP contribution in [0.2, 0.25) is 0 Å². The van der Waals surface area contributed by atoms with Crippen molar-refractivity contribution in [2.24, 2.45) is 4.99 Å². The highest BCUT2D eigenvalue weighted by molar-refractivity contribution is 8.15. The van der Waals surface area contributed by atoms with Gasteiger partial charge in [0.1, 0.15) is 11.0 Å². The molecule has 0 bridgehead atoms. The van der Waals surface area contributed by atoms with E-state index in [2.05, 4.69) is 25.6 Å². The van der Waals surface area contributed by atoms with Crippen LogP contribution in [0.3, 0.4) is 0 Å². The van der Waals surface area contributed by atoms with Crippen molar-refractivity contribution in [1.29, 1.82) is 0 Å². The SMILES string of the molecule is COc1ccccc1NC(=O)CC1S/C(=N\c2ncccn2)NC1=O. The van der Waals surface area contributed by atoms with E-state index in [1.165, 1.54) is 18.9 Å². The first-order valence-electron chi connectivity index (χ1n) is 7.42. The van der Waals surface area contributed by atoms with Gasteiger partial charge in [0.05, 0.1) is 12.8 Å². The number of aromatic nitrogens is 2. The fraction of sp³-hybridized carbons (Fsp3) is 0.188. The number of rotatable bonds is 5. The molecule has 1 saturated heterocycles. The third-order valence-corrected chi connectivity index (χ3v) is 4.36. The van der Waals surface area contributed by atoms with Gasteiger partial charge in [0, 0.05) is 18.8 Å². The maximum absolute atomic E-state index is 12.2. The number of nitrogens with one attached hydrogen (secondary N) is 2. The Hall–Kier alpha value is -2.94. The first kappa shape index (κ1) is 16.9. The number of hydrogen-bond donors (Lipinski definition) is 2. The normalized spacial score (nSPS) is 18.0. The number of anilines is 1. The number of methoxy groups -OCH3 is 1. The molecule has 2 aromatic rings. The summed E-state index contributed by atoms with van der Waals surface area (Å²) in [5, 5.41) is 5.21. The monoisotopic (exact) mass is 357 g/mol. The first-order chi connectivity index (χ1) is 12.2. The molecule has 128 valence electrons. The van der Waals surface area contributed by atoms with Gasteiger partial charge in [-0.05, 0) is 18.2 Å². The summed E-state index contributed by atoms with van der Waals surface area (Å²) in [5.41, 5.74) is 0.560. The molecule has 2 amide bonds. The molecule has 1 fully saturated rings. The Kier molecular flexibility index (Phi) is 5.24. The van der Waals surface area contributed by atoms with E-state index < -0.39 is 5.25 Å². The fourth-order valence-electron chi connectivity index (χ4n) is 2.15. The van der Waals surface area contributed by atoms with Crippen LogP contribution in [0.5, 0.6) is 5.75 Å². The molecule has 1 aliphatic heterocycles. The Morgan fingerprint density at radius 1 is 1.32 bits per heavy atom. The predicted octanol–water partition coefficient (Wildman–Crippen LogP) is 1.73. The number of amidine groups is 1. The van der Waals surface area contributed by atoms with E-state index in [-0.39, 0.29) is 24.2 Å². The Bertz CT molecular complexity index is 812. The van der Waals surface area contributed by atoms with Crippen LogP contribution in [-0.2, 0) is 9.59 Å². The molecule has 1 aliphatic rings. The van der Waals surface area contributed by atoms with Crippen LogP contribution in [0.4, 0.5) is 11.6 Å². The van der Waals surface area contributed by atoms with E-state index in [0.29, 0.717) is 16.6 Å². The highest BCUT2D eigenvalue weighted by Gasteiger charge is 2.32. The summed E-state index contributed by atoms with van der Waals surface area (Å²) in [6.45, 7) is 0. The molecule has 3 rings (SSSR count). The van der Waals surface area contributed by atoms with Gasteiger partial charge < -0.3 is 15.4 Å². The molecule has 0 saturated carbocycles. The van der Waals surface area contributed by atoms with Gasteiger partial charge in [0.15, 0.2) is 5.17 Å². The number of benzene rings is 1. The van der Waals surface area contributed by atoms with Gasteiger partial charge in [0.25, 0.3) is 5.95 Å². The van der Waals surface area contributed by atoms with Gasteiger partial charge in [-0.25, -0.2) is 9.97 Å². The average Bonchev–Trinajstić information content (AvgIpc) is 2.95. The number of carbonyl (C=O) groups is 2. The lowest BCUT2D eigenvalue weighted by atomic mass is 10.2. The highest BCUT2D eigenvalue weighted by Crippen LogP contribution is 2.26. The fourth-order valence-corrected chi connectivity index (χ4v) is 3.11. The summed E-state index contributed by atoms with van der Waals surface area (Å²) in [7, 11) is 1.53. The quantitative estimate of drug-likeness (QED) is 0.844. The number of nitrogens with zero attached hydrogens (tertiary/aromatic N) is 3. The Morgan fingerprint density at radius 3 is 2.84 bits per heavy atom. The number of para-hydroxylation sites is 2. The second-order valence-corrected chi connectivity index (χ2v) is 6.21. The van der Waals surface area contributed by atoms with E-state index >= 15 is 0 Å². The zero-order valence-corrected chi connectivity index (χ0v) is 14.1. The first-order valence-corrected chi connectivity index (χ1v) is 8.30. The molecule has 1 atom stereocenters. The smallest absolute Gasteiger partial charge is 0.251 e. The standard InChI is InChI=1S/C16H15N5O3S/c1-24-11-6-3-2-5-10(11)19-13(22)9-12-14(23)20-16(25-12)21-15-17-7-4-8-18-15/h2-8,12H,9H2,1H3,(H,19,22)(H,17,18,20,21,23). The van der Waals surface area contributed by atoms with Crippen LogP contribution in [0.15, 0.2) is 47.7 Å². The van der Waals surface area contributed by atoms with Gasteiger partial charge in [-0.1, -0.05) is 23.9 Å². The molecule has 8 nitrogen and oxygen atoms in total. The third-order valence-electron chi connectivity index (χ3n) is 3.28. The van der Waals surface area contributed by atoms with Crippen molar-refractivity contribution in [3.05, 3.63) is 42.7 Å². The second kappa shape index (κ2) is 7.75. The minimum Gasteiger partial charge on any atom is -0.495 e. The lowest BCUT2D eigenvalue weighted by Crippen LogP contribution is -2.28. The van der Waals surface area contributed by atoms with Crippen LogP contribution >= 0.6 is 11.8 Å². The average molecular weight is 357 g/mol. The molecule has 2 N–H and O–H groups in total. The zero-order chi connectivity index (χ0) is 17.6. The molecule has 2 heterocycles. The number of amides is 2. The summed E-state index contributed by atoms with van der Waals surface area (Å²) < 4.78 is 5.19. The largest absolute Gasteiger partial charge is 0.495 e. The predicted molar refractivity (Wildman–Crippen MR) is 94.9 cm³/mol. The van der Waals surface area contributed by atoms with E-state index in [1.54, 1.807) is 36.7 Å². The molecule has 1 aromatic heterocycles. The number of thioether (sulfide) groups is 1. The van der Waals surface area contributed by atoms with E-state index in [0.717, 1.165) is 0 Å². The van der Waals surface area contributed by atoms with Crippen LogP contribution in [0.25, 0.3) is 0 Å².